The van der Waals surface area contributed by atoms with E-state index in [9.17, 15) is 0 Å². The first-order valence-corrected chi connectivity index (χ1v) is 8.58. The summed E-state index contributed by atoms with van der Waals surface area (Å²) >= 11 is 0. The van der Waals surface area contributed by atoms with E-state index in [1.165, 1.54) is 0 Å². The minimum Gasteiger partial charge on any atom is -0.255 e. The fourth-order valence-corrected chi connectivity index (χ4v) is 2.83. The number of rotatable bonds is 4. The van der Waals surface area contributed by atoms with Crippen LogP contribution in [0.5, 0.6) is 0 Å². The molecule has 0 fully saturated rings. The fourth-order valence-electron chi connectivity index (χ4n) is 2.83. The summed E-state index contributed by atoms with van der Waals surface area (Å²) in [6.07, 6.45) is 7.16. The maximum absolute atomic E-state index is 4.70. The van der Waals surface area contributed by atoms with Crippen LogP contribution >= 0.6 is 0 Å². The number of benzene rings is 1. The third-order valence-corrected chi connectivity index (χ3v) is 4.57. The zero-order valence-electron chi connectivity index (χ0n) is 15.6. The highest BCUT2D eigenvalue weighted by molar-refractivity contribution is 5.84. The van der Waals surface area contributed by atoms with Crippen LogP contribution in [0.2, 0.25) is 0 Å². The van der Waals surface area contributed by atoms with E-state index in [0.29, 0.717) is 0 Å². The Hall–Kier alpha value is -3.14. The van der Waals surface area contributed by atoms with E-state index in [4.69, 9.17) is 9.98 Å². The molecule has 3 aromatic rings. The van der Waals surface area contributed by atoms with Gasteiger partial charge in [0, 0.05) is 12.4 Å². The Bertz CT molecular complexity index is 849. The predicted molar refractivity (Wildman–Crippen MR) is 108 cm³/mol. The third-order valence-electron chi connectivity index (χ3n) is 4.57. The maximum Gasteiger partial charge on any atom is 0.0812 e. The van der Waals surface area contributed by atoms with Crippen molar-refractivity contribution >= 4 is 23.8 Å². The molecule has 0 N–H and O–H groups in total. The average molecular weight is 342 g/mol. The Morgan fingerprint density at radius 2 is 1.00 bits per heavy atom. The van der Waals surface area contributed by atoms with Crippen molar-refractivity contribution in [1.29, 1.82) is 0 Å². The van der Waals surface area contributed by atoms with Crippen LogP contribution in [0.25, 0.3) is 0 Å². The lowest BCUT2D eigenvalue weighted by molar-refractivity contribution is 1.20. The Balaban J connectivity index is 2.00. The summed E-state index contributed by atoms with van der Waals surface area (Å²) in [5.41, 5.74) is 8.20. The lowest BCUT2D eigenvalue weighted by atomic mass is 9.96. The molecule has 0 unspecified atom stereocenters. The molecule has 0 aliphatic carbocycles. The van der Waals surface area contributed by atoms with Gasteiger partial charge in [-0.2, -0.15) is 0 Å². The highest BCUT2D eigenvalue weighted by Crippen LogP contribution is 2.37. The molecule has 0 spiro atoms. The number of hydrogen-bond donors (Lipinski definition) is 0. The van der Waals surface area contributed by atoms with Crippen LogP contribution < -0.4 is 0 Å². The molecule has 1 aromatic carbocycles. The van der Waals surface area contributed by atoms with Crippen molar-refractivity contribution in [1.82, 2.24) is 9.97 Å². The lowest BCUT2D eigenvalue weighted by Crippen LogP contribution is -1.94. The number of aliphatic imine (C=N–C) groups is 2. The van der Waals surface area contributed by atoms with E-state index in [-0.39, 0.29) is 0 Å². The first kappa shape index (κ1) is 17.7. The summed E-state index contributed by atoms with van der Waals surface area (Å²) in [4.78, 5) is 18.0. The largest absolute Gasteiger partial charge is 0.255 e. The van der Waals surface area contributed by atoms with Crippen molar-refractivity contribution in [3.05, 3.63) is 82.4 Å². The maximum atomic E-state index is 4.70. The predicted octanol–water partition coefficient (Wildman–Crippen LogP) is 5.21. The van der Waals surface area contributed by atoms with Gasteiger partial charge < -0.3 is 0 Å². The molecule has 0 aliphatic heterocycles. The van der Waals surface area contributed by atoms with Crippen molar-refractivity contribution in [2.75, 3.05) is 0 Å². The summed E-state index contributed by atoms with van der Waals surface area (Å²) < 4.78 is 0. The summed E-state index contributed by atoms with van der Waals surface area (Å²) in [6, 6.07) is 11.6. The molecule has 0 atom stereocenters. The van der Waals surface area contributed by atoms with E-state index in [2.05, 4.69) is 37.7 Å². The zero-order chi connectivity index (χ0) is 18.5. The van der Waals surface area contributed by atoms with Crippen LogP contribution in [-0.4, -0.2) is 22.4 Å². The van der Waals surface area contributed by atoms with Gasteiger partial charge in [0.05, 0.1) is 35.2 Å². The second-order valence-corrected chi connectivity index (χ2v) is 6.22. The van der Waals surface area contributed by atoms with Crippen LogP contribution in [0, 0.1) is 27.7 Å². The highest BCUT2D eigenvalue weighted by atomic mass is 14.8. The SMILES string of the molecule is Cc1c(C)c(N=Cc2ccccn2)c(C)c(C)c1N=Cc1ccccn1. The lowest BCUT2D eigenvalue weighted by Gasteiger charge is -2.15. The molecule has 0 bridgehead atoms. The molecule has 26 heavy (non-hydrogen) atoms. The Morgan fingerprint density at radius 3 is 1.31 bits per heavy atom. The van der Waals surface area contributed by atoms with Crippen LogP contribution in [0.3, 0.4) is 0 Å². The van der Waals surface area contributed by atoms with Crippen molar-refractivity contribution in [3.8, 4) is 0 Å². The van der Waals surface area contributed by atoms with Gasteiger partial charge in [0.1, 0.15) is 0 Å². The monoisotopic (exact) mass is 342 g/mol. The minimum atomic E-state index is 0.846. The molecule has 0 saturated carbocycles. The van der Waals surface area contributed by atoms with E-state index in [0.717, 1.165) is 45.0 Å². The third kappa shape index (κ3) is 3.75. The highest BCUT2D eigenvalue weighted by Gasteiger charge is 2.13. The van der Waals surface area contributed by atoms with Gasteiger partial charge in [-0.05, 0) is 74.2 Å². The Morgan fingerprint density at radius 1 is 0.615 bits per heavy atom. The molecule has 130 valence electrons. The molecule has 0 radical (unpaired) electrons. The van der Waals surface area contributed by atoms with Gasteiger partial charge in [0.2, 0.25) is 0 Å². The van der Waals surface area contributed by atoms with Crippen LogP contribution in [-0.2, 0) is 0 Å². The zero-order valence-corrected chi connectivity index (χ0v) is 15.6. The van der Waals surface area contributed by atoms with E-state index >= 15 is 0 Å². The van der Waals surface area contributed by atoms with Crippen molar-refractivity contribution in [2.45, 2.75) is 27.7 Å². The minimum absolute atomic E-state index is 0.846. The van der Waals surface area contributed by atoms with E-state index < -0.39 is 0 Å². The molecule has 2 heterocycles. The average Bonchev–Trinajstić information content (AvgIpc) is 2.68. The molecule has 0 saturated heterocycles. The Labute approximate surface area is 154 Å². The molecule has 3 rings (SSSR count). The quantitative estimate of drug-likeness (QED) is 0.611. The van der Waals surface area contributed by atoms with Gasteiger partial charge >= 0.3 is 0 Å². The van der Waals surface area contributed by atoms with Gasteiger partial charge in [0.15, 0.2) is 0 Å². The molecular formula is C22H22N4. The topological polar surface area (TPSA) is 50.5 Å². The number of nitrogens with zero attached hydrogens (tertiary/aromatic N) is 4. The standard InChI is InChI=1S/C22H22N4/c1-15-16(2)22(26-14-20-10-6-8-12-24-20)18(4)17(3)21(15)25-13-19-9-5-7-11-23-19/h5-14H,1-4H3. The molecule has 2 aromatic heterocycles. The molecule has 0 amide bonds. The van der Waals surface area contributed by atoms with Gasteiger partial charge in [-0.15, -0.1) is 0 Å². The van der Waals surface area contributed by atoms with Gasteiger partial charge in [-0.25, -0.2) is 0 Å². The molecule has 0 aliphatic rings. The van der Waals surface area contributed by atoms with E-state index in [1.807, 2.05) is 48.8 Å². The van der Waals surface area contributed by atoms with Crippen LogP contribution in [0.4, 0.5) is 11.4 Å². The second kappa shape index (κ2) is 7.83. The molecular weight excluding hydrogens is 320 g/mol. The van der Waals surface area contributed by atoms with Crippen molar-refractivity contribution in [3.63, 3.8) is 0 Å². The summed E-state index contributed by atoms with van der Waals surface area (Å²) in [7, 11) is 0. The molecule has 4 heteroatoms. The van der Waals surface area contributed by atoms with Crippen LogP contribution in [0.15, 0.2) is 58.8 Å². The second-order valence-electron chi connectivity index (χ2n) is 6.22. The summed E-state index contributed by atoms with van der Waals surface area (Å²) in [6.45, 7) is 8.36. The van der Waals surface area contributed by atoms with Crippen molar-refractivity contribution in [2.24, 2.45) is 9.98 Å². The van der Waals surface area contributed by atoms with Crippen molar-refractivity contribution < 1.29 is 0 Å². The molecule has 4 nitrogen and oxygen atoms in total. The Kier molecular flexibility index (Phi) is 5.32. The smallest absolute Gasteiger partial charge is 0.0812 e. The number of aromatic nitrogens is 2. The summed E-state index contributed by atoms with van der Waals surface area (Å²) in [5.74, 6) is 0. The number of pyridine rings is 2. The first-order chi connectivity index (χ1) is 12.6. The summed E-state index contributed by atoms with van der Waals surface area (Å²) in [5, 5.41) is 0. The van der Waals surface area contributed by atoms with E-state index in [1.54, 1.807) is 12.4 Å². The van der Waals surface area contributed by atoms with Gasteiger partial charge in [0.25, 0.3) is 0 Å². The van der Waals surface area contributed by atoms with Gasteiger partial charge in [-0.3, -0.25) is 20.0 Å². The fraction of sp³-hybridized carbons (Fsp3) is 0.182. The van der Waals surface area contributed by atoms with Crippen LogP contribution in [0.1, 0.15) is 33.6 Å². The number of hydrogen-bond acceptors (Lipinski definition) is 4. The first-order valence-electron chi connectivity index (χ1n) is 8.58. The van der Waals surface area contributed by atoms with Gasteiger partial charge in [-0.1, -0.05) is 12.1 Å². The normalized spacial score (nSPS) is 11.5.